The minimum atomic E-state index is -0.423. The van der Waals surface area contributed by atoms with Crippen LogP contribution in [0.3, 0.4) is 0 Å². The molecule has 0 aliphatic carbocycles. The van der Waals surface area contributed by atoms with Crippen LogP contribution < -0.4 is 5.32 Å². The van der Waals surface area contributed by atoms with Crippen LogP contribution in [-0.2, 0) is 20.9 Å². The summed E-state index contributed by atoms with van der Waals surface area (Å²) in [5, 5.41) is 9.62. The highest BCUT2D eigenvalue weighted by Gasteiger charge is 2.41. The van der Waals surface area contributed by atoms with E-state index >= 15 is 0 Å². The fraction of sp³-hybridized carbons (Fsp3) is 0.556. The second-order valence-corrected chi connectivity index (χ2v) is 6.80. The van der Waals surface area contributed by atoms with Crippen molar-refractivity contribution < 1.29 is 24.2 Å². The molecule has 27 heavy (non-hydrogen) atoms. The molecule has 2 fully saturated rings. The zero-order valence-electron chi connectivity index (χ0n) is 15.5. The smallest absolute Gasteiger partial charge is 0.407 e. The fourth-order valence-electron chi connectivity index (χ4n) is 3.39. The third kappa shape index (κ3) is 6.21. The van der Waals surface area contributed by atoms with Gasteiger partial charge in [0.05, 0.1) is 13.1 Å². The lowest BCUT2D eigenvalue weighted by Crippen LogP contribution is -2.40. The van der Waals surface area contributed by atoms with E-state index in [9.17, 15) is 9.59 Å². The molecule has 1 spiro atoms. The van der Waals surface area contributed by atoms with Crippen LogP contribution in [0, 0.1) is 0 Å². The first kappa shape index (κ1) is 20.6. The van der Waals surface area contributed by atoms with E-state index in [1.54, 1.807) is 6.20 Å². The van der Waals surface area contributed by atoms with Gasteiger partial charge < -0.3 is 20.1 Å². The van der Waals surface area contributed by atoms with Crippen LogP contribution in [0.5, 0.6) is 0 Å². The Balaban J connectivity index is 0.000000817. The highest BCUT2D eigenvalue weighted by atomic mass is 16.6. The number of likely N-dealkylation sites (tertiary alicyclic amines) is 1. The van der Waals surface area contributed by atoms with Crippen molar-refractivity contribution in [3.05, 3.63) is 30.1 Å². The van der Waals surface area contributed by atoms with Gasteiger partial charge >= 0.3 is 6.09 Å². The lowest BCUT2D eigenvalue weighted by molar-refractivity contribution is -0.132. The number of hydrogen-bond donors (Lipinski definition) is 2. The van der Waals surface area contributed by atoms with Gasteiger partial charge in [0.15, 0.2) is 0 Å². The molecule has 1 unspecified atom stereocenters. The van der Waals surface area contributed by atoms with Gasteiger partial charge in [-0.05, 0) is 31.5 Å². The number of pyridine rings is 1. The SMILES string of the molecule is CN(CC(=O)N1CCCC2(CC1)CNC(=O)O2)Cc1cccnc1.O=CO. The van der Waals surface area contributed by atoms with E-state index in [-0.39, 0.29) is 18.5 Å². The first-order valence-corrected chi connectivity index (χ1v) is 8.88. The Kier molecular flexibility index (Phi) is 7.54. The van der Waals surface area contributed by atoms with Gasteiger partial charge in [0.2, 0.25) is 5.91 Å². The Morgan fingerprint density at radius 3 is 2.89 bits per heavy atom. The monoisotopic (exact) mass is 378 g/mol. The average Bonchev–Trinajstić information content (AvgIpc) is 2.87. The Morgan fingerprint density at radius 2 is 2.26 bits per heavy atom. The predicted octanol–water partition coefficient (Wildman–Crippen LogP) is 0.705. The van der Waals surface area contributed by atoms with Gasteiger partial charge in [0.25, 0.3) is 6.47 Å². The van der Waals surface area contributed by atoms with Crippen LogP contribution in [0.25, 0.3) is 0 Å². The summed E-state index contributed by atoms with van der Waals surface area (Å²) >= 11 is 0. The maximum absolute atomic E-state index is 12.6. The first-order chi connectivity index (χ1) is 13.0. The molecular formula is C18H26N4O5. The third-order valence-electron chi connectivity index (χ3n) is 4.70. The largest absolute Gasteiger partial charge is 0.483 e. The number of carbonyl (C=O) groups excluding carboxylic acids is 2. The third-order valence-corrected chi connectivity index (χ3v) is 4.70. The lowest BCUT2D eigenvalue weighted by Gasteiger charge is -2.26. The number of nitrogens with one attached hydrogen (secondary N) is 1. The number of amides is 2. The molecule has 0 aromatic carbocycles. The molecule has 9 heteroatoms. The molecule has 1 atom stereocenters. The molecule has 3 rings (SSSR count). The molecular weight excluding hydrogens is 352 g/mol. The van der Waals surface area contributed by atoms with Crippen molar-refractivity contribution >= 4 is 18.5 Å². The van der Waals surface area contributed by atoms with Crippen molar-refractivity contribution in [2.45, 2.75) is 31.4 Å². The van der Waals surface area contributed by atoms with Gasteiger partial charge in [-0.2, -0.15) is 0 Å². The summed E-state index contributed by atoms with van der Waals surface area (Å²) in [5.74, 6) is 0.121. The summed E-state index contributed by atoms with van der Waals surface area (Å²) in [6.45, 7) is 2.72. The van der Waals surface area contributed by atoms with E-state index in [2.05, 4.69) is 10.3 Å². The predicted molar refractivity (Wildman–Crippen MR) is 96.9 cm³/mol. The summed E-state index contributed by atoms with van der Waals surface area (Å²) in [6, 6.07) is 3.90. The number of likely N-dealkylation sites (N-methyl/N-ethyl adjacent to an activating group) is 1. The van der Waals surface area contributed by atoms with Crippen molar-refractivity contribution in [1.82, 2.24) is 20.1 Å². The van der Waals surface area contributed by atoms with Gasteiger partial charge in [-0.15, -0.1) is 0 Å². The van der Waals surface area contributed by atoms with E-state index in [0.29, 0.717) is 32.6 Å². The molecule has 148 valence electrons. The zero-order chi connectivity index (χ0) is 19.7. The molecule has 2 N–H and O–H groups in total. The zero-order valence-corrected chi connectivity index (χ0v) is 15.5. The molecule has 3 heterocycles. The van der Waals surface area contributed by atoms with E-state index in [1.165, 1.54) is 0 Å². The van der Waals surface area contributed by atoms with Crippen molar-refractivity contribution in [2.75, 3.05) is 33.2 Å². The summed E-state index contributed by atoms with van der Waals surface area (Å²) in [6.07, 6.45) is 5.58. The molecule has 2 aliphatic rings. The fourth-order valence-corrected chi connectivity index (χ4v) is 3.39. The van der Waals surface area contributed by atoms with Crippen LogP contribution >= 0.6 is 0 Å². The number of aromatic nitrogens is 1. The Hall–Kier alpha value is -2.68. The van der Waals surface area contributed by atoms with Crippen molar-refractivity contribution in [1.29, 1.82) is 0 Å². The van der Waals surface area contributed by atoms with E-state index in [1.807, 2.05) is 35.2 Å². The molecule has 9 nitrogen and oxygen atoms in total. The maximum atomic E-state index is 12.6. The van der Waals surface area contributed by atoms with Crippen LogP contribution in [-0.4, -0.2) is 77.2 Å². The second kappa shape index (κ2) is 9.86. The van der Waals surface area contributed by atoms with Gasteiger partial charge in [0.1, 0.15) is 5.60 Å². The van der Waals surface area contributed by atoms with Crippen molar-refractivity contribution in [2.24, 2.45) is 0 Å². The van der Waals surface area contributed by atoms with E-state index in [0.717, 1.165) is 24.9 Å². The molecule has 0 radical (unpaired) electrons. The van der Waals surface area contributed by atoms with E-state index < -0.39 is 5.60 Å². The van der Waals surface area contributed by atoms with Crippen LogP contribution in [0.4, 0.5) is 4.79 Å². The van der Waals surface area contributed by atoms with E-state index in [4.69, 9.17) is 14.6 Å². The summed E-state index contributed by atoms with van der Waals surface area (Å²) in [5.41, 5.74) is 0.667. The Labute approximate surface area is 158 Å². The number of hydrogen-bond acceptors (Lipinski definition) is 6. The second-order valence-electron chi connectivity index (χ2n) is 6.80. The summed E-state index contributed by atoms with van der Waals surface area (Å²) < 4.78 is 5.45. The molecule has 2 amide bonds. The highest BCUT2D eigenvalue weighted by Crippen LogP contribution is 2.29. The quantitative estimate of drug-likeness (QED) is 0.742. The van der Waals surface area contributed by atoms with Gasteiger partial charge in [-0.3, -0.25) is 19.5 Å². The first-order valence-electron chi connectivity index (χ1n) is 8.88. The molecule has 1 aromatic rings. The number of alkyl carbamates (subject to hydrolysis) is 1. The van der Waals surface area contributed by atoms with Crippen LogP contribution in [0.15, 0.2) is 24.5 Å². The standard InChI is InChI=1S/C17H24N4O3.CH2O2/c1-20(11-14-4-2-7-18-10-14)12-15(22)21-8-3-5-17(6-9-21)13-19-16(23)24-17;2-1-3/h2,4,7,10H,3,5-6,8-9,11-13H2,1H3,(H,19,23);1H,(H,2,3). The number of nitrogens with zero attached hydrogens (tertiary/aromatic N) is 3. The van der Waals surface area contributed by atoms with Crippen molar-refractivity contribution in [3.63, 3.8) is 0 Å². The van der Waals surface area contributed by atoms with Crippen LogP contribution in [0.1, 0.15) is 24.8 Å². The number of carbonyl (C=O) groups is 3. The molecule has 2 saturated heterocycles. The normalized spacial score (nSPS) is 21.7. The number of rotatable bonds is 4. The minimum Gasteiger partial charge on any atom is -0.483 e. The number of carboxylic acid groups (broad SMARTS) is 1. The van der Waals surface area contributed by atoms with Gasteiger partial charge in [-0.1, -0.05) is 6.07 Å². The molecule has 1 aromatic heterocycles. The maximum Gasteiger partial charge on any atom is 0.407 e. The van der Waals surface area contributed by atoms with Gasteiger partial charge in [-0.25, -0.2) is 4.79 Å². The summed E-state index contributed by atoms with van der Waals surface area (Å²) in [7, 11) is 1.94. The topological polar surface area (TPSA) is 112 Å². The molecule has 2 aliphatic heterocycles. The number of ether oxygens (including phenoxy) is 1. The highest BCUT2D eigenvalue weighted by molar-refractivity contribution is 5.78. The molecule has 0 bridgehead atoms. The lowest BCUT2D eigenvalue weighted by atomic mass is 9.95. The Bertz CT molecular complexity index is 642. The minimum absolute atomic E-state index is 0.121. The van der Waals surface area contributed by atoms with Gasteiger partial charge in [0, 0.05) is 38.4 Å². The average molecular weight is 378 g/mol. The Morgan fingerprint density at radius 1 is 1.48 bits per heavy atom. The summed E-state index contributed by atoms with van der Waals surface area (Å²) in [4.78, 5) is 40.2. The van der Waals surface area contributed by atoms with Crippen LogP contribution in [0.2, 0.25) is 0 Å². The van der Waals surface area contributed by atoms with Crippen molar-refractivity contribution in [3.8, 4) is 0 Å². The molecule has 0 saturated carbocycles.